The van der Waals surface area contributed by atoms with Gasteiger partial charge in [-0.3, -0.25) is 4.79 Å². The van der Waals surface area contributed by atoms with Gasteiger partial charge in [-0.2, -0.15) is 0 Å². The zero-order chi connectivity index (χ0) is 21.0. The van der Waals surface area contributed by atoms with Crippen LogP contribution in [0.4, 0.5) is 5.69 Å². The van der Waals surface area contributed by atoms with Crippen LogP contribution in [0.2, 0.25) is 0 Å². The molecule has 0 radical (unpaired) electrons. The van der Waals surface area contributed by atoms with Gasteiger partial charge in [-0.15, -0.1) is 0 Å². The molecule has 0 atom stereocenters. The van der Waals surface area contributed by atoms with Crippen LogP contribution in [-0.4, -0.2) is 61.8 Å². The van der Waals surface area contributed by atoms with Gasteiger partial charge in [0.15, 0.2) is 12.4 Å². The van der Waals surface area contributed by atoms with E-state index in [9.17, 15) is 9.59 Å². The monoisotopic (exact) mass is 401 g/mol. The fraction of sp³-hybridized carbons (Fsp3) is 0.476. The summed E-state index contributed by atoms with van der Waals surface area (Å²) in [5, 5.41) is 3.84. The first kappa shape index (κ1) is 20.7. The van der Waals surface area contributed by atoms with E-state index in [1.165, 1.54) is 0 Å². The van der Waals surface area contributed by atoms with E-state index in [0.29, 0.717) is 43.2 Å². The summed E-state index contributed by atoms with van der Waals surface area (Å²) >= 11 is 0. The normalized spacial score (nSPS) is 14.2. The number of esters is 1. The average Bonchev–Trinajstić information content (AvgIpc) is 3.13. The van der Waals surface area contributed by atoms with Crippen LogP contribution in [0.15, 0.2) is 28.8 Å². The van der Waals surface area contributed by atoms with Crippen molar-refractivity contribution in [2.45, 2.75) is 26.7 Å². The highest BCUT2D eigenvalue weighted by molar-refractivity contribution is 5.93. The highest BCUT2D eigenvalue weighted by atomic mass is 16.5. The molecular formula is C21H27N3O5. The second-order valence-electron chi connectivity index (χ2n) is 7.28. The molecule has 0 aliphatic carbocycles. The Hall–Kier alpha value is -3.03. The first-order valence-electron chi connectivity index (χ1n) is 9.71. The van der Waals surface area contributed by atoms with Crippen LogP contribution in [0.5, 0.6) is 5.75 Å². The van der Waals surface area contributed by atoms with E-state index in [1.807, 2.05) is 38.1 Å². The summed E-state index contributed by atoms with van der Waals surface area (Å²) in [5.41, 5.74) is 1.79. The van der Waals surface area contributed by atoms with Crippen LogP contribution in [0.3, 0.4) is 0 Å². The summed E-state index contributed by atoms with van der Waals surface area (Å²) in [7, 11) is 1.65. The molecule has 2 heterocycles. The Labute approximate surface area is 170 Å². The quantitative estimate of drug-likeness (QED) is 0.688. The molecule has 156 valence electrons. The highest BCUT2D eigenvalue weighted by Crippen LogP contribution is 2.28. The van der Waals surface area contributed by atoms with E-state index in [-0.39, 0.29) is 18.4 Å². The van der Waals surface area contributed by atoms with Crippen LogP contribution < -0.4 is 9.64 Å². The Morgan fingerprint density at radius 1 is 1.17 bits per heavy atom. The van der Waals surface area contributed by atoms with Gasteiger partial charge in [-0.05, 0) is 19.1 Å². The predicted octanol–water partition coefficient (Wildman–Crippen LogP) is 2.62. The number of anilines is 1. The highest BCUT2D eigenvalue weighted by Gasteiger charge is 2.27. The molecule has 0 bridgehead atoms. The second-order valence-corrected chi connectivity index (χ2v) is 7.28. The molecule has 8 nitrogen and oxygen atoms in total. The molecule has 0 N–H and O–H groups in total. The fourth-order valence-electron chi connectivity index (χ4n) is 3.41. The number of aromatic nitrogens is 1. The molecule has 1 aliphatic heterocycles. The largest absolute Gasteiger partial charge is 0.495 e. The van der Waals surface area contributed by atoms with E-state index in [2.05, 4.69) is 10.1 Å². The predicted molar refractivity (Wildman–Crippen MR) is 107 cm³/mol. The third-order valence-electron chi connectivity index (χ3n) is 5.00. The molecule has 0 unspecified atom stereocenters. The molecule has 1 saturated heterocycles. The molecule has 1 amide bonds. The van der Waals surface area contributed by atoms with Gasteiger partial charge < -0.3 is 23.8 Å². The Balaban J connectivity index is 1.54. The topological polar surface area (TPSA) is 85.1 Å². The van der Waals surface area contributed by atoms with Gasteiger partial charge in [0.05, 0.1) is 18.5 Å². The van der Waals surface area contributed by atoms with E-state index >= 15 is 0 Å². The molecule has 0 spiro atoms. The molecule has 1 aromatic heterocycles. The van der Waals surface area contributed by atoms with Crippen molar-refractivity contribution >= 4 is 17.6 Å². The molecule has 1 aromatic carbocycles. The van der Waals surface area contributed by atoms with Crippen LogP contribution in [0, 0.1) is 6.92 Å². The van der Waals surface area contributed by atoms with Crippen LogP contribution in [0.25, 0.3) is 0 Å². The Morgan fingerprint density at radius 3 is 2.52 bits per heavy atom. The Kier molecular flexibility index (Phi) is 6.41. The summed E-state index contributed by atoms with van der Waals surface area (Å²) in [4.78, 5) is 28.8. The number of carbonyl (C=O) groups excluding carboxylic acids is 2. The van der Waals surface area contributed by atoms with Crippen molar-refractivity contribution in [1.29, 1.82) is 0 Å². The molecule has 2 aromatic rings. The summed E-state index contributed by atoms with van der Waals surface area (Å²) in [6.07, 6.45) is 0. The lowest BCUT2D eigenvalue weighted by Crippen LogP contribution is -2.50. The molecule has 8 heteroatoms. The van der Waals surface area contributed by atoms with Gasteiger partial charge in [0.25, 0.3) is 5.91 Å². The van der Waals surface area contributed by atoms with Crippen molar-refractivity contribution in [1.82, 2.24) is 10.1 Å². The van der Waals surface area contributed by atoms with Crippen LogP contribution in [-0.2, 0) is 9.53 Å². The minimum atomic E-state index is -0.576. The summed E-state index contributed by atoms with van der Waals surface area (Å²) < 4.78 is 15.9. The zero-order valence-corrected chi connectivity index (χ0v) is 17.3. The zero-order valence-electron chi connectivity index (χ0n) is 17.3. The summed E-state index contributed by atoms with van der Waals surface area (Å²) in [6.45, 7) is 7.67. The first-order chi connectivity index (χ1) is 13.9. The average molecular weight is 401 g/mol. The van der Waals surface area contributed by atoms with Gasteiger partial charge >= 0.3 is 5.97 Å². The number of hydrogen-bond acceptors (Lipinski definition) is 7. The molecule has 0 saturated carbocycles. The van der Waals surface area contributed by atoms with Crippen LogP contribution >= 0.6 is 0 Å². The number of para-hydroxylation sites is 2. The maximum atomic E-state index is 12.5. The molecular weight excluding hydrogens is 374 g/mol. The lowest BCUT2D eigenvalue weighted by Gasteiger charge is -2.36. The van der Waals surface area contributed by atoms with Gasteiger partial charge in [0, 0.05) is 32.1 Å². The Bertz CT molecular complexity index is 869. The standard InChI is InChI=1S/C21H27N3O5/c1-14(2)20-19(15(3)22-29-20)21(26)28-13-18(25)24-11-9-23(10-12-24)16-7-5-6-8-17(16)27-4/h5-8,14H,9-13H2,1-4H3. The van der Waals surface area contributed by atoms with Gasteiger partial charge in [0.1, 0.15) is 11.3 Å². The maximum absolute atomic E-state index is 12.5. The lowest BCUT2D eigenvalue weighted by atomic mass is 10.1. The minimum absolute atomic E-state index is 0.00231. The third kappa shape index (κ3) is 4.52. The van der Waals surface area contributed by atoms with E-state index < -0.39 is 5.97 Å². The van der Waals surface area contributed by atoms with Crippen molar-refractivity contribution in [2.75, 3.05) is 44.8 Å². The van der Waals surface area contributed by atoms with Gasteiger partial charge in [-0.1, -0.05) is 31.1 Å². The van der Waals surface area contributed by atoms with Gasteiger partial charge in [0.2, 0.25) is 0 Å². The second kappa shape index (κ2) is 8.98. The lowest BCUT2D eigenvalue weighted by molar-refractivity contribution is -0.134. The number of ether oxygens (including phenoxy) is 2. The first-order valence-corrected chi connectivity index (χ1v) is 9.71. The van der Waals surface area contributed by atoms with Crippen molar-refractivity contribution in [3.63, 3.8) is 0 Å². The number of aryl methyl sites for hydroxylation is 1. The summed E-state index contributed by atoms with van der Waals surface area (Å²) in [6, 6.07) is 7.82. The number of rotatable bonds is 6. The molecule has 1 fully saturated rings. The minimum Gasteiger partial charge on any atom is -0.495 e. The molecule has 1 aliphatic rings. The number of piperazine rings is 1. The molecule has 3 rings (SSSR count). The van der Waals surface area contributed by atoms with Crippen molar-refractivity contribution in [3.8, 4) is 5.75 Å². The number of nitrogens with zero attached hydrogens (tertiary/aromatic N) is 3. The SMILES string of the molecule is COc1ccccc1N1CCN(C(=O)COC(=O)c2c(C)noc2C(C)C)CC1. The van der Waals surface area contributed by atoms with E-state index in [0.717, 1.165) is 11.4 Å². The Morgan fingerprint density at radius 2 is 1.86 bits per heavy atom. The maximum Gasteiger partial charge on any atom is 0.344 e. The summed E-state index contributed by atoms with van der Waals surface area (Å²) in [5.74, 6) is 0.501. The van der Waals surface area contributed by atoms with Crippen molar-refractivity contribution < 1.29 is 23.6 Å². The van der Waals surface area contributed by atoms with E-state index in [1.54, 1.807) is 18.9 Å². The number of carbonyl (C=O) groups is 2. The number of methoxy groups -OCH3 is 1. The van der Waals surface area contributed by atoms with Crippen molar-refractivity contribution in [2.24, 2.45) is 0 Å². The van der Waals surface area contributed by atoms with Crippen LogP contribution in [0.1, 0.15) is 41.6 Å². The fourth-order valence-corrected chi connectivity index (χ4v) is 3.41. The number of hydrogen-bond donors (Lipinski definition) is 0. The number of benzene rings is 1. The third-order valence-corrected chi connectivity index (χ3v) is 5.00. The molecule has 29 heavy (non-hydrogen) atoms. The van der Waals surface area contributed by atoms with Crippen molar-refractivity contribution in [3.05, 3.63) is 41.3 Å². The van der Waals surface area contributed by atoms with E-state index in [4.69, 9.17) is 14.0 Å². The van der Waals surface area contributed by atoms with Gasteiger partial charge in [-0.25, -0.2) is 4.79 Å². The smallest absolute Gasteiger partial charge is 0.344 e. The number of amides is 1.